The molecule has 0 aromatic carbocycles. The zero-order valence-corrected chi connectivity index (χ0v) is 22.4. The van der Waals surface area contributed by atoms with Crippen LogP contribution in [0.25, 0.3) is 0 Å². The van der Waals surface area contributed by atoms with Gasteiger partial charge >= 0.3 is 7.12 Å². The molecule has 2 atom stereocenters. The molecule has 2 aromatic rings. The Balaban J connectivity index is 1.32. The van der Waals surface area contributed by atoms with Gasteiger partial charge in [0.25, 0.3) is 5.56 Å². The standard InChI is InChI=1S/C26H38BN5O4/c1-17-12-31(21-15-34-16-21)13-18(2)32(17)20-8-9-23(28-11-20)29-22-10-19(14-30(7)24(22)33)27-35-25(3,4)26(5,6)36-27/h8-11,14,17-18,21H,12-13,15-16H2,1-7H3,(H,28,29)/t17-,18+. The normalized spacial score (nSPS) is 26.2. The average molecular weight is 495 g/mol. The number of pyridine rings is 2. The number of aryl methyl sites for hydroxylation is 1. The first kappa shape index (κ1) is 25.3. The van der Waals surface area contributed by atoms with Gasteiger partial charge in [0.1, 0.15) is 11.5 Å². The van der Waals surface area contributed by atoms with Crippen molar-refractivity contribution in [2.24, 2.45) is 7.05 Å². The summed E-state index contributed by atoms with van der Waals surface area (Å²) in [7, 11) is 1.18. The van der Waals surface area contributed by atoms with Gasteiger partial charge in [0, 0.05) is 43.9 Å². The van der Waals surface area contributed by atoms with E-state index in [0.29, 0.717) is 29.6 Å². The zero-order valence-electron chi connectivity index (χ0n) is 22.4. The van der Waals surface area contributed by atoms with Gasteiger partial charge in [-0.15, -0.1) is 0 Å². The van der Waals surface area contributed by atoms with Crippen LogP contribution in [0.5, 0.6) is 0 Å². The summed E-state index contributed by atoms with van der Waals surface area (Å²) in [5.74, 6) is 0.618. The predicted molar refractivity (Wildman–Crippen MR) is 143 cm³/mol. The lowest BCUT2D eigenvalue weighted by molar-refractivity contribution is -0.0726. The van der Waals surface area contributed by atoms with Gasteiger partial charge in [-0.25, -0.2) is 4.98 Å². The highest BCUT2D eigenvalue weighted by Crippen LogP contribution is 2.36. The van der Waals surface area contributed by atoms with Gasteiger partial charge in [0.2, 0.25) is 0 Å². The first-order valence-electron chi connectivity index (χ1n) is 12.8. The topological polar surface area (TPSA) is 81.1 Å². The highest BCUT2D eigenvalue weighted by molar-refractivity contribution is 6.62. The molecule has 36 heavy (non-hydrogen) atoms. The van der Waals surface area contributed by atoms with Crippen molar-refractivity contribution >= 4 is 29.8 Å². The maximum atomic E-state index is 12.9. The Hall–Kier alpha value is -2.40. The van der Waals surface area contributed by atoms with E-state index < -0.39 is 18.3 Å². The Morgan fingerprint density at radius 3 is 2.22 bits per heavy atom. The van der Waals surface area contributed by atoms with Gasteiger partial charge in [-0.1, -0.05) is 0 Å². The van der Waals surface area contributed by atoms with Crippen LogP contribution in [0.2, 0.25) is 0 Å². The fourth-order valence-electron chi connectivity index (χ4n) is 5.29. The van der Waals surface area contributed by atoms with Gasteiger partial charge in [-0.2, -0.15) is 0 Å². The second-order valence-corrected chi connectivity index (χ2v) is 11.5. The maximum absolute atomic E-state index is 12.9. The van der Waals surface area contributed by atoms with Crippen molar-refractivity contribution < 1.29 is 14.0 Å². The van der Waals surface area contributed by atoms with E-state index in [9.17, 15) is 4.79 Å². The third kappa shape index (κ3) is 4.56. The molecule has 3 aliphatic rings. The van der Waals surface area contributed by atoms with Crippen molar-refractivity contribution in [2.45, 2.75) is 70.9 Å². The smallest absolute Gasteiger partial charge is 0.399 e. The van der Waals surface area contributed by atoms with Gasteiger partial charge in [0.05, 0.1) is 42.3 Å². The minimum absolute atomic E-state index is 0.139. The molecule has 3 aliphatic heterocycles. The molecule has 0 aliphatic carbocycles. The van der Waals surface area contributed by atoms with Crippen molar-refractivity contribution in [1.29, 1.82) is 0 Å². The first-order chi connectivity index (χ1) is 16.9. The van der Waals surface area contributed by atoms with Gasteiger partial charge in [-0.3, -0.25) is 9.69 Å². The zero-order chi connectivity index (χ0) is 25.8. The summed E-state index contributed by atoms with van der Waals surface area (Å²) < 4.78 is 19.3. The molecule has 10 heteroatoms. The number of piperazine rings is 1. The van der Waals surface area contributed by atoms with E-state index in [1.807, 2.05) is 40.0 Å². The van der Waals surface area contributed by atoms with Crippen LogP contribution in [0.15, 0.2) is 35.4 Å². The Morgan fingerprint density at radius 1 is 1.06 bits per heavy atom. The summed E-state index contributed by atoms with van der Waals surface area (Å²) in [5, 5.41) is 3.21. The number of nitrogens with zero attached hydrogens (tertiary/aromatic N) is 4. The molecule has 1 N–H and O–H groups in total. The maximum Gasteiger partial charge on any atom is 0.496 e. The van der Waals surface area contributed by atoms with Crippen LogP contribution in [0, 0.1) is 0 Å². The highest BCUT2D eigenvalue weighted by atomic mass is 16.7. The highest BCUT2D eigenvalue weighted by Gasteiger charge is 2.52. The number of rotatable bonds is 5. The quantitative estimate of drug-likeness (QED) is 0.633. The fraction of sp³-hybridized carbons (Fsp3) is 0.615. The molecule has 0 unspecified atom stereocenters. The van der Waals surface area contributed by atoms with Crippen LogP contribution in [-0.4, -0.2) is 77.2 Å². The van der Waals surface area contributed by atoms with Gasteiger partial charge < -0.3 is 28.8 Å². The lowest BCUT2D eigenvalue weighted by Crippen LogP contribution is -2.62. The van der Waals surface area contributed by atoms with Crippen molar-refractivity contribution in [3.05, 3.63) is 40.9 Å². The van der Waals surface area contributed by atoms with E-state index in [1.165, 1.54) is 0 Å². The van der Waals surface area contributed by atoms with E-state index >= 15 is 0 Å². The van der Waals surface area contributed by atoms with E-state index in [2.05, 4.69) is 40.0 Å². The van der Waals surface area contributed by atoms with E-state index in [4.69, 9.17) is 14.0 Å². The molecule has 2 aromatic heterocycles. The number of hydrogen-bond acceptors (Lipinski definition) is 8. The van der Waals surface area contributed by atoms with Crippen molar-refractivity contribution in [2.75, 3.05) is 36.5 Å². The molecule has 3 saturated heterocycles. The molecule has 3 fully saturated rings. The summed E-state index contributed by atoms with van der Waals surface area (Å²) in [6, 6.07) is 7.11. The first-order valence-corrected chi connectivity index (χ1v) is 12.8. The summed E-state index contributed by atoms with van der Waals surface area (Å²) in [6.45, 7) is 16.3. The Morgan fingerprint density at radius 2 is 1.69 bits per heavy atom. The molecule has 9 nitrogen and oxygen atoms in total. The summed E-state index contributed by atoms with van der Waals surface area (Å²) in [4.78, 5) is 22.5. The van der Waals surface area contributed by atoms with Crippen molar-refractivity contribution in [3.8, 4) is 0 Å². The Labute approximate surface area is 213 Å². The molecular formula is C26H38BN5O4. The number of hydrogen-bond donors (Lipinski definition) is 1. The largest absolute Gasteiger partial charge is 0.496 e. The molecule has 0 saturated carbocycles. The number of ether oxygens (including phenoxy) is 1. The minimum Gasteiger partial charge on any atom is -0.399 e. The Bertz CT molecular complexity index is 1140. The molecule has 194 valence electrons. The van der Waals surface area contributed by atoms with E-state index in [-0.39, 0.29) is 5.56 Å². The van der Waals surface area contributed by atoms with Gasteiger partial charge in [0.15, 0.2) is 0 Å². The van der Waals surface area contributed by atoms with E-state index in [0.717, 1.165) is 37.5 Å². The van der Waals surface area contributed by atoms with Crippen LogP contribution in [0.3, 0.4) is 0 Å². The van der Waals surface area contributed by atoms with Crippen LogP contribution < -0.4 is 21.2 Å². The van der Waals surface area contributed by atoms with Crippen LogP contribution in [-0.2, 0) is 21.1 Å². The average Bonchev–Trinajstić information content (AvgIpc) is 2.97. The van der Waals surface area contributed by atoms with Crippen LogP contribution in [0.1, 0.15) is 41.5 Å². The van der Waals surface area contributed by atoms with Gasteiger partial charge in [-0.05, 0) is 59.7 Å². The minimum atomic E-state index is -0.550. The SMILES string of the molecule is C[C@@H]1CN(C2COC2)C[C@H](C)N1c1ccc(Nc2cc(B3OC(C)(C)C(C)(C)O3)cn(C)c2=O)nc1. The molecule has 0 amide bonds. The Kier molecular flexibility index (Phi) is 6.43. The van der Waals surface area contributed by atoms with Crippen LogP contribution in [0.4, 0.5) is 17.2 Å². The second-order valence-electron chi connectivity index (χ2n) is 11.5. The van der Waals surface area contributed by atoms with Crippen molar-refractivity contribution in [3.63, 3.8) is 0 Å². The molecule has 5 heterocycles. The summed E-state index contributed by atoms with van der Waals surface area (Å²) in [5.41, 5.74) is 1.25. The molecule has 0 radical (unpaired) electrons. The molecule has 0 spiro atoms. The molecule has 5 rings (SSSR count). The lowest BCUT2D eigenvalue weighted by Gasteiger charge is -2.49. The summed E-state index contributed by atoms with van der Waals surface area (Å²) >= 11 is 0. The van der Waals surface area contributed by atoms with Crippen LogP contribution >= 0.6 is 0 Å². The monoisotopic (exact) mass is 495 g/mol. The lowest BCUT2D eigenvalue weighted by atomic mass is 9.80. The summed E-state index contributed by atoms with van der Waals surface area (Å²) in [6.07, 6.45) is 3.66. The number of nitrogens with one attached hydrogen (secondary N) is 1. The van der Waals surface area contributed by atoms with E-state index in [1.54, 1.807) is 23.9 Å². The molecular weight excluding hydrogens is 457 g/mol. The van der Waals surface area contributed by atoms with Crippen molar-refractivity contribution in [1.82, 2.24) is 14.5 Å². The number of anilines is 3. The fourth-order valence-corrected chi connectivity index (χ4v) is 5.29. The second kappa shape index (κ2) is 9.17. The third-order valence-corrected chi connectivity index (χ3v) is 8.12. The third-order valence-electron chi connectivity index (χ3n) is 8.12. The molecule has 0 bridgehead atoms. The number of aromatic nitrogens is 2. The predicted octanol–water partition coefficient (Wildman–Crippen LogP) is 2.12.